The number of methoxy groups -OCH3 is 1. The predicted molar refractivity (Wildman–Crippen MR) is 145 cm³/mol. The Kier molecular flexibility index (Phi) is 6.55. The van der Waals surface area contributed by atoms with Crippen molar-refractivity contribution in [3.05, 3.63) is 64.6 Å². The van der Waals surface area contributed by atoms with E-state index in [0.29, 0.717) is 16.7 Å². The van der Waals surface area contributed by atoms with Gasteiger partial charge in [-0.25, -0.2) is 4.98 Å². The number of nitrogens with one attached hydrogen (secondary N) is 1. The van der Waals surface area contributed by atoms with Gasteiger partial charge in [0.05, 0.1) is 23.3 Å². The van der Waals surface area contributed by atoms with Gasteiger partial charge in [-0.05, 0) is 51.1 Å². The minimum absolute atomic E-state index is 0.132. The quantitative estimate of drug-likeness (QED) is 0.502. The van der Waals surface area contributed by atoms with Gasteiger partial charge in [-0.3, -0.25) is 14.6 Å². The molecule has 1 aromatic carbocycles. The van der Waals surface area contributed by atoms with Crippen LogP contribution >= 0.6 is 11.6 Å². The van der Waals surface area contributed by atoms with Crippen molar-refractivity contribution in [2.75, 3.05) is 41.9 Å². The van der Waals surface area contributed by atoms with E-state index in [1.54, 1.807) is 13.3 Å². The Labute approximate surface area is 219 Å². The molecule has 2 aromatic heterocycles. The highest BCUT2D eigenvalue weighted by Gasteiger charge is 2.28. The van der Waals surface area contributed by atoms with E-state index >= 15 is 0 Å². The Bertz CT molecular complexity index is 1480. The molecule has 1 N–H and O–H groups in total. The fraction of sp³-hybridized carbons (Fsp3) is 0.296. The van der Waals surface area contributed by atoms with E-state index in [1.165, 1.54) is 18.2 Å². The van der Waals surface area contributed by atoms with Gasteiger partial charge in [-0.1, -0.05) is 11.6 Å². The molecule has 1 aliphatic heterocycles. The zero-order chi connectivity index (χ0) is 26.3. The van der Waals surface area contributed by atoms with Crippen molar-refractivity contribution >= 4 is 51.5 Å². The highest BCUT2D eigenvalue weighted by Crippen LogP contribution is 2.35. The van der Waals surface area contributed by atoms with E-state index < -0.39 is 0 Å². The van der Waals surface area contributed by atoms with Gasteiger partial charge in [0, 0.05) is 60.3 Å². The molecule has 1 saturated heterocycles. The van der Waals surface area contributed by atoms with E-state index in [9.17, 15) is 9.59 Å². The molecule has 1 atom stereocenters. The predicted octanol–water partition coefficient (Wildman–Crippen LogP) is 4.02. The van der Waals surface area contributed by atoms with Crippen LogP contribution in [0, 0.1) is 13.8 Å². The second-order valence-electron chi connectivity index (χ2n) is 9.19. The van der Waals surface area contributed by atoms with Gasteiger partial charge < -0.3 is 19.9 Å². The summed E-state index contributed by atoms with van der Waals surface area (Å²) in [5, 5.41) is 4.46. The fourth-order valence-corrected chi connectivity index (χ4v) is 4.97. The Morgan fingerprint density at radius 3 is 2.70 bits per heavy atom. The molecule has 10 heteroatoms. The molecule has 1 unspecified atom stereocenters. The SMILES string of the molecule is COc1cc2c(N3CCN(c4nc(NC5=CC(=O)C=CC5=O)nc(C)c4C)C(C)C3)ccnc2cc1Cl. The van der Waals surface area contributed by atoms with Crippen molar-refractivity contribution < 1.29 is 14.3 Å². The standard InChI is InChI=1S/C27H27ClN6O3/c1-15-14-33(23-7-8-29-21-13-20(28)25(37-4)12-19(21)23)9-10-34(15)26-16(2)17(3)30-27(32-26)31-22-11-18(35)5-6-24(22)36/h5-8,11-13,15H,9-10,14H2,1-4H3,(H,30,31,32). The second-order valence-corrected chi connectivity index (χ2v) is 9.59. The van der Waals surface area contributed by atoms with Crippen LogP contribution in [-0.2, 0) is 9.59 Å². The number of aryl methyl sites for hydroxylation is 1. The summed E-state index contributed by atoms with van der Waals surface area (Å²) < 4.78 is 5.44. The van der Waals surface area contributed by atoms with Gasteiger partial charge >= 0.3 is 0 Å². The van der Waals surface area contributed by atoms with Crippen LogP contribution < -0.4 is 19.9 Å². The van der Waals surface area contributed by atoms with Gasteiger partial charge in [0.1, 0.15) is 11.6 Å². The number of rotatable bonds is 5. The zero-order valence-corrected chi connectivity index (χ0v) is 21.8. The van der Waals surface area contributed by atoms with E-state index in [1.807, 2.05) is 32.0 Å². The number of hydrogen-bond donors (Lipinski definition) is 1. The molecule has 0 radical (unpaired) electrons. The van der Waals surface area contributed by atoms with Gasteiger partial charge in [-0.15, -0.1) is 0 Å². The first-order valence-electron chi connectivity index (χ1n) is 12.0. The second kappa shape index (κ2) is 9.82. The molecule has 1 fully saturated rings. The summed E-state index contributed by atoms with van der Waals surface area (Å²) in [7, 11) is 1.61. The maximum absolute atomic E-state index is 12.2. The van der Waals surface area contributed by atoms with Crippen LogP contribution in [0.3, 0.4) is 0 Å². The van der Waals surface area contributed by atoms with Crippen molar-refractivity contribution in [1.82, 2.24) is 15.0 Å². The topological polar surface area (TPSA) is 101 Å². The molecule has 2 aliphatic rings. The van der Waals surface area contributed by atoms with Crippen LogP contribution in [0.25, 0.3) is 10.9 Å². The molecule has 0 saturated carbocycles. The number of fused-ring (bicyclic) bond motifs is 1. The molecular weight excluding hydrogens is 492 g/mol. The number of carbonyl (C=O) groups excluding carboxylic acids is 2. The third kappa shape index (κ3) is 4.74. The Morgan fingerprint density at radius 1 is 1.14 bits per heavy atom. The lowest BCUT2D eigenvalue weighted by molar-refractivity contribution is -0.114. The summed E-state index contributed by atoms with van der Waals surface area (Å²) >= 11 is 6.32. The van der Waals surface area contributed by atoms with E-state index in [0.717, 1.165) is 53.3 Å². The lowest BCUT2D eigenvalue weighted by atomic mass is 10.1. The molecule has 3 aromatic rings. The largest absolute Gasteiger partial charge is 0.495 e. The number of aromatic nitrogens is 3. The average Bonchev–Trinajstić information content (AvgIpc) is 2.87. The molecule has 9 nitrogen and oxygen atoms in total. The number of ketones is 2. The third-order valence-corrected chi connectivity index (χ3v) is 7.09. The van der Waals surface area contributed by atoms with Crippen molar-refractivity contribution in [1.29, 1.82) is 0 Å². The summed E-state index contributed by atoms with van der Waals surface area (Å²) in [6.45, 7) is 8.33. The molecule has 0 bridgehead atoms. The number of hydrogen-bond acceptors (Lipinski definition) is 9. The summed E-state index contributed by atoms with van der Waals surface area (Å²) in [5.41, 5.74) is 3.83. The first-order valence-corrected chi connectivity index (χ1v) is 12.4. The van der Waals surface area contributed by atoms with Crippen molar-refractivity contribution in [2.45, 2.75) is 26.8 Å². The van der Waals surface area contributed by atoms with Gasteiger partial charge in [0.25, 0.3) is 0 Å². The van der Waals surface area contributed by atoms with Gasteiger partial charge in [0.2, 0.25) is 11.7 Å². The number of carbonyl (C=O) groups is 2. The van der Waals surface area contributed by atoms with Crippen LogP contribution in [0.15, 0.2) is 48.3 Å². The number of nitrogens with zero attached hydrogens (tertiary/aromatic N) is 5. The maximum atomic E-state index is 12.2. The Balaban J connectivity index is 1.41. The van der Waals surface area contributed by atoms with E-state index in [2.05, 4.69) is 32.0 Å². The zero-order valence-electron chi connectivity index (χ0n) is 21.1. The highest BCUT2D eigenvalue weighted by atomic mass is 35.5. The third-order valence-electron chi connectivity index (χ3n) is 6.79. The number of ether oxygens (including phenoxy) is 1. The smallest absolute Gasteiger partial charge is 0.229 e. The number of pyridine rings is 1. The van der Waals surface area contributed by atoms with E-state index in [-0.39, 0.29) is 23.3 Å². The first kappa shape index (κ1) is 24.7. The molecule has 0 spiro atoms. The van der Waals surface area contributed by atoms with Crippen LogP contribution in [-0.4, -0.2) is 59.3 Å². The highest BCUT2D eigenvalue weighted by molar-refractivity contribution is 6.33. The van der Waals surface area contributed by atoms with Crippen LogP contribution in [0.2, 0.25) is 5.02 Å². The lowest BCUT2D eigenvalue weighted by Crippen LogP contribution is -2.52. The van der Waals surface area contributed by atoms with Crippen molar-refractivity contribution in [3.8, 4) is 5.75 Å². The maximum Gasteiger partial charge on any atom is 0.229 e. The number of piperazine rings is 1. The normalized spacial score (nSPS) is 17.9. The summed E-state index contributed by atoms with van der Waals surface area (Å²) in [5.74, 6) is 1.18. The summed E-state index contributed by atoms with van der Waals surface area (Å²) in [4.78, 5) is 42.3. The van der Waals surface area contributed by atoms with Crippen molar-refractivity contribution in [3.63, 3.8) is 0 Å². The first-order chi connectivity index (χ1) is 17.7. The summed E-state index contributed by atoms with van der Waals surface area (Å²) in [6, 6.07) is 5.92. The molecule has 1 aliphatic carbocycles. The molecular formula is C27H27ClN6O3. The number of benzene rings is 1. The average molecular weight is 519 g/mol. The van der Waals surface area contributed by atoms with Crippen LogP contribution in [0.1, 0.15) is 18.2 Å². The van der Waals surface area contributed by atoms with Crippen LogP contribution in [0.4, 0.5) is 17.5 Å². The van der Waals surface area contributed by atoms with Gasteiger partial charge in [0.15, 0.2) is 5.78 Å². The minimum Gasteiger partial charge on any atom is -0.495 e. The Morgan fingerprint density at radius 2 is 1.95 bits per heavy atom. The Hall–Kier alpha value is -3.98. The molecule has 0 amide bonds. The minimum atomic E-state index is -0.285. The lowest BCUT2D eigenvalue weighted by Gasteiger charge is -2.42. The molecule has 5 rings (SSSR count). The van der Waals surface area contributed by atoms with Crippen molar-refractivity contribution in [2.24, 2.45) is 0 Å². The van der Waals surface area contributed by atoms with Gasteiger partial charge in [-0.2, -0.15) is 4.98 Å². The number of anilines is 3. The fourth-order valence-electron chi connectivity index (χ4n) is 4.73. The van der Waals surface area contributed by atoms with Crippen LogP contribution in [0.5, 0.6) is 5.75 Å². The number of halogens is 1. The molecule has 37 heavy (non-hydrogen) atoms. The summed E-state index contributed by atoms with van der Waals surface area (Å²) in [6.07, 6.45) is 5.57. The van der Waals surface area contributed by atoms with E-state index in [4.69, 9.17) is 21.3 Å². The number of allylic oxidation sites excluding steroid dienone is 3. The molecule has 3 heterocycles. The monoisotopic (exact) mass is 518 g/mol. The molecule has 190 valence electrons.